The molecule has 0 heterocycles. The minimum atomic E-state index is -0.0778. The lowest BCUT2D eigenvalue weighted by Gasteiger charge is -2.41. The Kier molecular flexibility index (Phi) is 5.25. The summed E-state index contributed by atoms with van der Waals surface area (Å²) >= 11 is 3.33. The lowest BCUT2D eigenvalue weighted by atomic mass is 9.65. The first kappa shape index (κ1) is 16.0. The number of benzene rings is 1. The van der Waals surface area contributed by atoms with Crippen molar-refractivity contribution in [1.29, 1.82) is 0 Å². The van der Waals surface area contributed by atoms with Crippen LogP contribution >= 0.6 is 15.9 Å². The molecular formula is C17H25BrFN. The van der Waals surface area contributed by atoms with E-state index in [-0.39, 0.29) is 5.82 Å². The second kappa shape index (κ2) is 6.57. The number of rotatable bonds is 4. The van der Waals surface area contributed by atoms with Gasteiger partial charge in [0.25, 0.3) is 0 Å². The van der Waals surface area contributed by atoms with Crippen molar-refractivity contribution in [2.75, 3.05) is 13.6 Å². The van der Waals surface area contributed by atoms with Gasteiger partial charge in [-0.1, -0.05) is 35.8 Å². The molecule has 1 aliphatic rings. The predicted octanol–water partition coefficient (Wildman–Crippen LogP) is 4.79. The fraction of sp³-hybridized carbons (Fsp3) is 0.647. The van der Waals surface area contributed by atoms with Crippen LogP contribution in [0, 0.1) is 23.1 Å². The van der Waals surface area contributed by atoms with Crippen molar-refractivity contribution in [3.63, 3.8) is 0 Å². The number of hydrogen-bond donors (Lipinski definition) is 1. The normalized spacial score (nSPS) is 25.6. The average Bonchev–Trinajstić information content (AvgIpc) is 2.36. The zero-order chi connectivity index (χ0) is 14.8. The quantitative estimate of drug-likeness (QED) is 0.829. The van der Waals surface area contributed by atoms with E-state index in [1.165, 1.54) is 19.3 Å². The Morgan fingerprint density at radius 1 is 1.35 bits per heavy atom. The topological polar surface area (TPSA) is 12.0 Å². The number of halogens is 2. The third-order valence-corrected chi connectivity index (χ3v) is 5.13. The average molecular weight is 342 g/mol. The summed E-state index contributed by atoms with van der Waals surface area (Å²) in [5.74, 6) is 1.16. The molecule has 3 heteroatoms. The maximum absolute atomic E-state index is 14.1. The molecule has 20 heavy (non-hydrogen) atoms. The molecule has 0 aliphatic heterocycles. The van der Waals surface area contributed by atoms with Crippen LogP contribution in [0.4, 0.5) is 4.39 Å². The van der Waals surface area contributed by atoms with E-state index >= 15 is 0 Å². The van der Waals surface area contributed by atoms with Crippen molar-refractivity contribution in [1.82, 2.24) is 5.32 Å². The third kappa shape index (κ3) is 4.05. The predicted molar refractivity (Wildman–Crippen MR) is 86.3 cm³/mol. The van der Waals surface area contributed by atoms with Crippen molar-refractivity contribution in [2.45, 2.75) is 39.5 Å². The molecular weight excluding hydrogens is 317 g/mol. The molecule has 1 N–H and O–H groups in total. The highest BCUT2D eigenvalue weighted by Crippen LogP contribution is 2.43. The first-order valence-electron chi connectivity index (χ1n) is 7.50. The van der Waals surface area contributed by atoms with E-state index in [0.717, 1.165) is 23.0 Å². The number of hydrogen-bond acceptors (Lipinski definition) is 1. The highest BCUT2D eigenvalue weighted by atomic mass is 79.9. The van der Waals surface area contributed by atoms with Gasteiger partial charge < -0.3 is 5.32 Å². The molecule has 1 aromatic rings. The molecule has 1 fully saturated rings. The second-order valence-electron chi connectivity index (χ2n) is 6.92. The van der Waals surface area contributed by atoms with Gasteiger partial charge in [0.1, 0.15) is 5.82 Å². The van der Waals surface area contributed by atoms with Gasteiger partial charge >= 0.3 is 0 Å². The van der Waals surface area contributed by atoms with Crippen LogP contribution in [0.15, 0.2) is 22.7 Å². The van der Waals surface area contributed by atoms with Crippen molar-refractivity contribution in [2.24, 2.45) is 17.3 Å². The fourth-order valence-corrected chi connectivity index (χ4v) is 3.86. The van der Waals surface area contributed by atoms with E-state index in [0.29, 0.717) is 17.3 Å². The molecule has 1 aliphatic carbocycles. The lowest BCUT2D eigenvalue weighted by Crippen LogP contribution is -2.36. The zero-order valence-corrected chi connectivity index (χ0v) is 14.3. The Hall–Kier alpha value is -0.410. The van der Waals surface area contributed by atoms with E-state index < -0.39 is 0 Å². The largest absolute Gasteiger partial charge is 0.319 e. The third-order valence-electron chi connectivity index (χ3n) is 4.64. The summed E-state index contributed by atoms with van der Waals surface area (Å²) in [6.45, 7) is 5.72. The van der Waals surface area contributed by atoms with Gasteiger partial charge in [-0.3, -0.25) is 0 Å². The van der Waals surface area contributed by atoms with Gasteiger partial charge in [0.05, 0.1) is 0 Å². The highest BCUT2D eigenvalue weighted by molar-refractivity contribution is 9.10. The molecule has 0 radical (unpaired) electrons. The van der Waals surface area contributed by atoms with Crippen LogP contribution in [-0.4, -0.2) is 13.6 Å². The van der Waals surface area contributed by atoms with Gasteiger partial charge in [-0.15, -0.1) is 0 Å². The monoisotopic (exact) mass is 341 g/mol. The minimum Gasteiger partial charge on any atom is -0.319 e. The van der Waals surface area contributed by atoms with Crippen molar-refractivity contribution < 1.29 is 4.39 Å². The molecule has 0 amide bonds. The van der Waals surface area contributed by atoms with E-state index in [4.69, 9.17) is 0 Å². The molecule has 2 unspecified atom stereocenters. The van der Waals surface area contributed by atoms with E-state index in [2.05, 4.69) is 35.1 Å². The molecule has 0 saturated heterocycles. The minimum absolute atomic E-state index is 0.0778. The summed E-state index contributed by atoms with van der Waals surface area (Å²) < 4.78 is 14.9. The van der Waals surface area contributed by atoms with E-state index in [1.54, 1.807) is 6.07 Å². The standard InChI is InChI=1S/C17H25BrFN/c1-17(2)7-6-13(11-20-3)14(10-17)8-12-4-5-15(18)9-16(12)19/h4-5,9,13-14,20H,6-8,10-11H2,1-3H3. The summed E-state index contributed by atoms with van der Waals surface area (Å²) in [6, 6.07) is 5.45. The Morgan fingerprint density at radius 3 is 2.75 bits per heavy atom. The summed E-state index contributed by atoms with van der Waals surface area (Å²) in [6.07, 6.45) is 4.57. The fourth-order valence-electron chi connectivity index (χ4n) is 3.53. The Labute approximate surface area is 130 Å². The smallest absolute Gasteiger partial charge is 0.127 e. The molecule has 1 saturated carbocycles. The van der Waals surface area contributed by atoms with Crippen LogP contribution in [0.1, 0.15) is 38.7 Å². The Bertz CT molecular complexity index is 458. The molecule has 0 aromatic heterocycles. The molecule has 2 atom stereocenters. The molecule has 112 valence electrons. The maximum Gasteiger partial charge on any atom is 0.127 e. The lowest BCUT2D eigenvalue weighted by molar-refractivity contribution is 0.116. The van der Waals surface area contributed by atoms with Gasteiger partial charge in [-0.05, 0) is 74.2 Å². The molecule has 0 spiro atoms. The maximum atomic E-state index is 14.1. The van der Waals surface area contributed by atoms with E-state index in [9.17, 15) is 4.39 Å². The van der Waals surface area contributed by atoms with Crippen LogP contribution in [0.2, 0.25) is 0 Å². The van der Waals surface area contributed by atoms with Crippen molar-refractivity contribution in [3.05, 3.63) is 34.1 Å². The highest BCUT2D eigenvalue weighted by Gasteiger charge is 2.34. The summed E-state index contributed by atoms with van der Waals surface area (Å²) in [5, 5.41) is 3.30. The summed E-state index contributed by atoms with van der Waals surface area (Å²) in [4.78, 5) is 0. The zero-order valence-electron chi connectivity index (χ0n) is 12.7. The SMILES string of the molecule is CNCC1CCC(C)(C)CC1Cc1ccc(Br)cc1F. The van der Waals surface area contributed by atoms with Gasteiger partial charge in [-0.25, -0.2) is 4.39 Å². The van der Waals surface area contributed by atoms with Gasteiger partial charge in [0.2, 0.25) is 0 Å². The van der Waals surface area contributed by atoms with Crippen LogP contribution in [0.25, 0.3) is 0 Å². The molecule has 0 bridgehead atoms. The van der Waals surface area contributed by atoms with Crippen LogP contribution in [0.3, 0.4) is 0 Å². The molecule has 1 aromatic carbocycles. The first-order valence-corrected chi connectivity index (χ1v) is 8.29. The van der Waals surface area contributed by atoms with Gasteiger partial charge in [0.15, 0.2) is 0 Å². The van der Waals surface area contributed by atoms with Crippen molar-refractivity contribution >= 4 is 15.9 Å². The Balaban J connectivity index is 2.14. The molecule has 1 nitrogen and oxygen atoms in total. The van der Waals surface area contributed by atoms with Gasteiger partial charge in [0, 0.05) is 4.47 Å². The van der Waals surface area contributed by atoms with E-state index in [1.807, 2.05) is 19.2 Å². The van der Waals surface area contributed by atoms with Crippen LogP contribution in [0.5, 0.6) is 0 Å². The first-order chi connectivity index (χ1) is 9.41. The van der Waals surface area contributed by atoms with Crippen LogP contribution in [-0.2, 0) is 6.42 Å². The molecule has 2 rings (SSSR count). The van der Waals surface area contributed by atoms with Crippen molar-refractivity contribution in [3.8, 4) is 0 Å². The Morgan fingerprint density at radius 2 is 2.10 bits per heavy atom. The second-order valence-corrected chi connectivity index (χ2v) is 7.84. The summed E-state index contributed by atoms with van der Waals surface area (Å²) in [7, 11) is 2.01. The van der Waals surface area contributed by atoms with Crippen LogP contribution < -0.4 is 5.32 Å². The number of nitrogens with one attached hydrogen (secondary N) is 1. The summed E-state index contributed by atoms with van der Waals surface area (Å²) in [5.41, 5.74) is 1.25. The van der Waals surface area contributed by atoms with Gasteiger partial charge in [-0.2, -0.15) is 0 Å².